The highest BCUT2D eigenvalue weighted by Gasteiger charge is 2.32. The Morgan fingerprint density at radius 2 is 2.15 bits per heavy atom. The molecule has 20 heavy (non-hydrogen) atoms. The fourth-order valence-corrected chi connectivity index (χ4v) is 2.67. The molecule has 0 aromatic carbocycles. The predicted molar refractivity (Wildman–Crippen MR) is 78.6 cm³/mol. The Bertz CT molecular complexity index is 437. The van der Waals surface area contributed by atoms with Gasteiger partial charge in [-0.3, -0.25) is 4.90 Å². The summed E-state index contributed by atoms with van der Waals surface area (Å²) in [4.78, 5) is 8.81. The highest BCUT2D eigenvalue weighted by molar-refractivity contribution is 5.06. The minimum atomic E-state index is -0.239. The van der Waals surface area contributed by atoms with Crippen molar-refractivity contribution in [1.29, 1.82) is 0 Å². The number of β-amino-alcohol motifs (C(OH)–C–C–N with tert-alkyl or cyclic N) is 1. The van der Waals surface area contributed by atoms with E-state index in [-0.39, 0.29) is 11.5 Å². The van der Waals surface area contributed by atoms with Crippen LogP contribution in [0, 0.1) is 0 Å². The lowest BCUT2D eigenvalue weighted by Crippen LogP contribution is -2.37. The molecule has 2 atom stereocenters. The van der Waals surface area contributed by atoms with Crippen LogP contribution in [0.3, 0.4) is 0 Å². The lowest BCUT2D eigenvalue weighted by Gasteiger charge is -2.25. The Balaban J connectivity index is 2.02. The smallest absolute Gasteiger partial charge is 0.208 e. The van der Waals surface area contributed by atoms with Gasteiger partial charge < -0.3 is 14.4 Å². The quantitative estimate of drug-likeness (QED) is 0.906. The summed E-state index contributed by atoms with van der Waals surface area (Å²) >= 11 is 0. The summed E-state index contributed by atoms with van der Waals surface area (Å²) in [5.41, 5.74) is -0.0151. The predicted octanol–water partition coefficient (Wildman–Crippen LogP) is 1.47. The molecule has 1 N–H and O–H groups in total. The summed E-state index contributed by atoms with van der Waals surface area (Å²) in [5, 5.41) is 9.88. The van der Waals surface area contributed by atoms with Crippen LogP contribution < -0.4 is 0 Å². The minimum Gasteiger partial charge on any atom is -0.444 e. The number of hydrogen-bond donors (Lipinski definition) is 1. The zero-order valence-corrected chi connectivity index (χ0v) is 13.3. The molecule has 0 radical (unpaired) electrons. The minimum absolute atomic E-state index is 0.0151. The molecule has 2 unspecified atom stereocenters. The van der Waals surface area contributed by atoms with Gasteiger partial charge in [-0.25, -0.2) is 4.98 Å². The first-order valence-electron chi connectivity index (χ1n) is 7.27. The summed E-state index contributed by atoms with van der Waals surface area (Å²) < 4.78 is 5.85. The lowest BCUT2D eigenvalue weighted by molar-refractivity contribution is 0.160. The molecule has 0 spiro atoms. The SMILES string of the molecule is CN(C)CC1CC(O)CN1Cc1ncc(C(C)(C)C)o1. The molecule has 1 aromatic rings. The highest BCUT2D eigenvalue weighted by atomic mass is 16.4. The van der Waals surface area contributed by atoms with Gasteiger partial charge in [0, 0.05) is 24.5 Å². The number of hydrogen-bond acceptors (Lipinski definition) is 5. The maximum Gasteiger partial charge on any atom is 0.208 e. The third kappa shape index (κ3) is 3.81. The van der Waals surface area contributed by atoms with Crippen LogP contribution in [0.15, 0.2) is 10.6 Å². The van der Waals surface area contributed by atoms with E-state index in [0.29, 0.717) is 19.1 Å². The van der Waals surface area contributed by atoms with Crippen molar-refractivity contribution in [2.24, 2.45) is 0 Å². The van der Waals surface area contributed by atoms with Crippen molar-refractivity contribution >= 4 is 0 Å². The number of rotatable bonds is 4. The molecule has 1 fully saturated rings. The summed E-state index contributed by atoms with van der Waals surface area (Å²) in [6, 6.07) is 0.366. The van der Waals surface area contributed by atoms with Crippen molar-refractivity contribution in [1.82, 2.24) is 14.8 Å². The van der Waals surface area contributed by atoms with Gasteiger partial charge in [-0.15, -0.1) is 0 Å². The van der Waals surface area contributed by atoms with Gasteiger partial charge >= 0.3 is 0 Å². The fourth-order valence-electron chi connectivity index (χ4n) is 2.67. The van der Waals surface area contributed by atoms with Crippen LogP contribution in [0.2, 0.25) is 0 Å². The Labute approximate surface area is 121 Å². The van der Waals surface area contributed by atoms with E-state index in [4.69, 9.17) is 4.42 Å². The number of likely N-dealkylation sites (N-methyl/N-ethyl adjacent to an activating group) is 1. The third-order valence-corrected chi connectivity index (χ3v) is 3.71. The Kier molecular flexibility index (Phi) is 4.52. The maximum atomic E-state index is 9.88. The maximum absolute atomic E-state index is 9.88. The average Bonchev–Trinajstić information content (AvgIpc) is 2.85. The van der Waals surface area contributed by atoms with Gasteiger partial charge in [0.05, 0.1) is 18.8 Å². The van der Waals surface area contributed by atoms with Crippen molar-refractivity contribution in [3.05, 3.63) is 17.8 Å². The molecule has 1 saturated heterocycles. The van der Waals surface area contributed by atoms with Crippen LogP contribution in [0.25, 0.3) is 0 Å². The molecule has 2 heterocycles. The number of oxazole rings is 1. The molecule has 0 bridgehead atoms. The van der Waals surface area contributed by atoms with Crippen LogP contribution in [0.1, 0.15) is 38.8 Å². The molecular formula is C15H27N3O2. The van der Waals surface area contributed by atoms with Gasteiger partial charge in [0.15, 0.2) is 0 Å². The Morgan fingerprint density at radius 1 is 1.45 bits per heavy atom. The monoisotopic (exact) mass is 281 g/mol. The standard InChI is InChI=1S/C15H27N3O2/c1-15(2,3)13-7-16-14(20-13)10-18-9-12(19)6-11(18)8-17(4)5/h7,11-12,19H,6,8-10H2,1-5H3. The molecule has 1 aromatic heterocycles. The molecule has 0 aliphatic carbocycles. The van der Waals surface area contributed by atoms with Gasteiger partial charge in [-0.05, 0) is 20.5 Å². The van der Waals surface area contributed by atoms with Gasteiger partial charge in [0.1, 0.15) is 5.76 Å². The van der Waals surface area contributed by atoms with Crippen molar-refractivity contribution in [2.45, 2.75) is 51.3 Å². The molecule has 1 aliphatic heterocycles. The first kappa shape index (κ1) is 15.5. The summed E-state index contributed by atoms with van der Waals surface area (Å²) in [6.45, 7) is 8.67. The van der Waals surface area contributed by atoms with Crippen LogP contribution >= 0.6 is 0 Å². The molecule has 0 amide bonds. The molecule has 114 valence electrons. The number of aromatic nitrogens is 1. The van der Waals surface area contributed by atoms with Crippen molar-refractivity contribution in [3.8, 4) is 0 Å². The Hall–Kier alpha value is -0.910. The van der Waals surface area contributed by atoms with Crippen LogP contribution in [0.5, 0.6) is 0 Å². The molecule has 2 rings (SSSR count). The number of aliphatic hydroxyl groups excluding tert-OH is 1. The van der Waals surface area contributed by atoms with Gasteiger partial charge in [-0.1, -0.05) is 20.8 Å². The number of nitrogens with zero attached hydrogens (tertiary/aromatic N) is 3. The number of likely N-dealkylation sites (tertiary alicyclic amines) is 1. The van der Waals surface area contributed by atoms with E-state index < -0.39 is 0 Å². The van der Waals surface area contributed by atoms with Crippen molar-refractivity contribution in [2.75, 3.05) is 27.2 Å². The lowest BCUT2D eigenvalue weighted by atomic mass is 9.94. The second-order valence-electron chi connectivity index (χ2n) is 7.10. The van der Waals surface area contributed by atoms with Crippen LogP contribution in [-0.4, -0.2) is 59.2 Å². The zero-order chi connectivity index (χ0) is 14.9. The molecule has 5 nitrogen and oxygen atoms in total. The fraction of sp³-hybridized carbons (Fsp3) is 0.800. The van der Waals surface area contributed by atoms with E-state index in [0.717, 1.165) is 24.6 Å². The highest BCUT2D eigenvalue weighted by Crippen LogP contribution is 2.25. The molecule has 1 aliphatic rings. The average molecular weight is 281 g/mol. The third-order valence-electron chi connectivity index (χ3n) is 3.71. The van der Waals surface area contributed by atoms with Crippen molar-refractivity contribution in [3.63, 3.8) is 0 Å². The van der Waals surface area contributed by atoms with Crippen molar-refractivity contribution < 1.29 is 9.52 Å². The van der Waals surface area contributed by atoms with E-state index in [1.807, 2.05) is 6.20 Å². The van der Waals surface area contributed by atoms with E-state index in [2.05, 4.69) is 49.7 Å². The van der Waals surface area contributed by atoms with E-state index in [1.54, 1.807) is 0 Å². The van der Waals surface area contributed by atoms with Gasteiger partial charge in [-0.2, -0.15) is 0 Å². The first-order chi connectivity index (χ1) is 9.25. The summed E-state index contributed by atoms with van der Waals surface area (Å²) in [6.07, 6.45) is 2.41. The largest absolute Gasteiger partial charge is 0.444 e. The van der Waals surface area contributed by atoms with E-state index in [1.165, 1.54) is 0 Å². The summed E-state index contributed by atoms with van der Waals surface area (Å²) in [5.74, 6) is 1.66. The molecular weight excluding hydrogens is 254 g/mol. The Morgan fingerprint density at radius 3 is 2.70 bits per heavy atom. The van der Waals surface area contributed by atoms with E-state index in [9.17, 15) is 5.11 Å². The topological polar surface area (TPSA) is 52.7 Å². The van der Waals surface area contributed by atoms with E-state index >= 15 is 0 Å². The first-order valence-corrected chi connectivity index (χ1v) is 7.27. The summed E-state index contributed by atoms with van der Waals surface area (Å²) in [7, 11) is 4.12. The molecule has 5 heteroatoms. The second kappa shape index (κ2) is 5.84. The second-order valence-corrected chi connectivity index (χ2v) is 7.10. The van der Waals surface area contributed by atoms with Gasteiger partial charge in [0.25, 0.3) is 0 Å². The zero-order valence-electron chi connectivity index (χ0n) is 13.3. The molecule has 0 saturated carbocycles. The number of aliphatic hydroxyl groups is 1. The van der Waals surface area contributed by atoms with Gasteiger partial charge in [0.2, 0.25) is 5.89 Å². The normalized spacial score (nSPS) is 24.8. The van der Waals surface area contributed by atoms with Crippen LogP contribution in [0.4, 0.5) is 0 Å². The van der Waals surface area contributed by atoms with Crippen LogP contribution in [-0.2, 0) is 12.0 Å².